The highest BCUT2D eigenvalue weighted by Gasteiger charge is 2.32. The number of hydrogen-bond donors (Lipinski definition) is 0. The maximum Gasteiger partial charge on any atom is 0.435 e. The number of aldehydes is 1. The summed E-state index contributed by atoms with van der Waals surface area (Å²) in [5.74, 6) is -0.0734. The molecule has 1 saturated heterocycles. The van der Waals surface area contributed by atoms with Crippen LogP contribution in [0.15, 0.2) is 30.5 Å². The third-order valence-corrected chi connectivity index (χ3v) is 5.14. The molecule has 0 radical (unpaired) electrons. The maximum atomic E-state index is 12.7. The number of aromatic nitrogens is 2. The average molecular weight is 456 g/mol. The number of piperidine rings is 1. The lowest BCUT2D eigenvalue weighted by Gasteiger charge is -2.33. The van der Waals surface area contributed by atoms with E-state index in [4.69, 9.17) is 9.47 Å². The van der Waals surface area contributed by atoms with Gasteiger partial charge in [-0.25, -0.2) is 9.59 Å². The lowest BCUT2D eigenvalue weighted by atomic mass is 9.90. The van der Waals surface area contributed by atoms with Crippen LogP contribution in [0.4, 0.5) is 9.59 Å². The Morgan fingerprint density at radius 1 is 1.00 bits per heavy atom. The van der Waals surface area contributed by atoms with Gasteiger partial charge < -0.3 is 14.4 Å². The van der Waals surface area contributed by atoms with Crippen LogP contribution < -0.4 is 0 Å². The van der Waals surface area contributed by atoms with Gasteiger partial charge >= 0.3 is 12.2 Å². The van der Waals surface area contributed by atoms with Crippen LogP contribution in [-0.4, -0.2) is 57.4 Å². The Kier molecular flexibility index (Phi) is 6.95. The summed E-state index contributed by atoms with van der Waals surface area (Å²) in [7, 11) is 0. The van der Waals surface area contributed by atoms with Crippen molar-refractivity contribution in [1.29, 1.82) is 0 Å². The molecule has 0 N–H and O–H groups in total. The zero-order valence-corrected chi connectivity index (χ0v) is 20.3. The summed E-state index contributed by atoms with van der Waals surface area (Å²) in [6, 6.07) is 7.12. The van der Waals surface area contributed by atoms with E-state index in [1.165, 1.54) is 4.68 Å². The fourth-order valence-electron chi connectivity index (χ4n) is 3.75. The standard InChI is InChI=1S/C25H33N3O5/c1-24(2,3)32-22(30)27-13-7-8-19(14-27)21-20(18-11-9-17(16-29)10-12-18)15-28(26-21)23(31)33-25(4,5)6/h9-12,15-16,19H,7-8,13-14H2,1-6H3/t19-/m0/s1. The normalized spacial score (nSPS) is 16.9. The average Bonchev–Trinajstić information content (AvgIpc) is 3.17. The Hall–Kier alpha value is -3.16. The predicted octanol–water partition coefficient (Wildman–Crippen LogP) is 5.26. The van der Waals surface area contributed by atoms with Crippen molar-refractivity contribution in [3.05, 3.63) is 41.7 Å². The molecule has 0 unspecified atom stereocenters. The second-order valence-electron chi connectivity index (χ2n) is 10.4. The van der Waals surface area contributed by atoms with E-state index in [1.54, 1.807) is 44.0 Å². The van der Waals surface area contributed by atoms with Gasteiger partial charge in [0.15, 0.2) is 0 Å². The van der Waals surface area contributed by atoms with E-state index < -0.39 is 17.3 Å². The van der Waals surface area contributed by atoms with Gasteiger partial charge in [0, 0.05) is 36.3 Å². The van der Waals surface area contributed by atoms with Crippen LogP contribution in [0, 0.1) is 0 Å². The van der Waals surface area contributed by atoms with Gasteiger partial charge in [-0.05, 0) is 59.9 Å². The monoisotopic (exact) mass is 455 g/mol. The van der Waals surface area contributed by atoms with Crippen molar-refractivity contribution < 1.29 is 23.9 Å². The van der Waals surface area contributed by atoms with E-state index >= 15 is 0 Å². The van der Waals surface area contributed by atoms with Gasteiger partial charge in [0.25, 0.3) is 0 Å². The summed E-state index contributed by atoms with van der Waals surface area (Å²) in [6.07, 6.45) is 3.15. The number of ether oxygens (including phenoxy) is 2. The highest BCUT2D eigenvalue weighted by atomic mass is 16.6. The highest BCUT2D eigenvalue weighted by molar-refractivity contribution is 5.78. The number of amides is 1. The van der Waals surface area contributed by atoms with Gasteiger partial charge in [-0.2, -0.15) is 9.78 Å². The topological polar surface area (TPSA) is 90.7 Å². The lowest BCUT2D eigenvalue weighted by molar-refractivity contribution is 0.0195. The molecule has 33 heavy (non-hydrogen) atoms. The molecule has 3 rings (SSSR count). The van der Waals surface area contributed by atoms with Gasteiger partial charge in [0.05, 0.1) is 5.69 Å². The summed E-state index contributed by atoms with van der Waals surface area (Å²) in [5, 5.41) is 4.60. The Labute approximate surface area is 194 Å². The summed E-state index contributed by atoms with van der Waals surface area (Å²) in [5.41, 5.74) is 1.65. The van der Waals surface area contributed by atoms with Crippen molar-refractivity contribution in [3.8, 4) is 11.1 Å². The molecule has 8 nitrogen and oxygen atoms in total. The number of hydrogen-bond acceptors (Lipinski definition) is 6. The molecule has 1 atom stereocenters. The van der Waals surface area contributed by atoms with Gasteiger partial charge in [-0.3, -0.25) is 4.79 Å². The molecule has 1 aliphatic rings. The van der Waals surface area contributed by atoms with Crippen LogP contribution in [0.25, 0.3) is 11.1 Å². The van der Waals surface area contributed by atoms with Crippen molar-refractivity contribution >= 4 is 18.5 Å². The van der Waals surface area contributed by atoms with Crippen LogP contribution in [0.1, 0.15) is 76.4 Å². The number of benzene rings is 1. The predicted molar refractivity (Wildman–Crippen MR) is 124 cm³/mol. The van der Waals surface area contributed by atoms with E-state index in [9.17, 15) is 14.4 Å². The maximum absolute atomic E-state index is 12.7. The Bertz CT molecular complexity index is 1010. The fourth-order valence-corrected chi connectivity index (χ4v) is 3.75. The van der Waals surface area contributed by atoms with E-state index in [1.807, 2.05) is 32.9 Å². The van der Waals surface area contributed by atoms with Gasteiger partial charge in [0.2, 0.25) is 0 Å². The van der Waals surface area contributed by atoms with E-state index in [0.29, 0.717) is 24.3 Å². The molecule has 2 aromatic rings. The summed E-state index contributed by atoms with van der Waals surface area (Å²) >= 11 is 0. The van der Waals surface area contributed by atoms with Crippen molar-refractivity contribution in [2.24, 2.45) is 0 Å². The molecule has 1 fully saturated rings. The number of nitrogens with zero attached hydrogens (tertiary/aromatic N) is 3. The molecule has 0 spiro atoms. The van der Waals surface area contributed by atoms with Crippen molar-refractivity contribution in [1.82, 2.24) is 14.7 Å². The van der Waals surface area contributed by atoms with Crippen LogP contribution in [-0.2, 0) is 9.47 Å². The SMILES string of the molecule is CC(C)(C)OC(=O)N1CCC[C@H](c2nn(C(=O)OC(C)(C)C)cc2-c2ccc(C=O)cc2)C1. The Morgan fingerprint density at radius 2 is 1.61 bits per heavy atom. The van der Waals surface area contributed by atoms with Crippen LogP contribution in [0.5, 0.6) is 0 Å². The third kappa shape index (κ3) is 6.43. The summed E-state index contributed by atoms with van der Waals surface area (Å²) in [4.78, 5) is 38.1. The van der Waals surface area contributed by atoms with Crippen LogP contribution in [0.3, 0.4) is 0 Å². The second-order valence-corrected chi connectivity index (χ2v) is 10.4. The first-order valence-corrected chi connectivity index (χ1v) is 11.2. The molecular formula is C25H33N3O5. The molecule has 178 valence electrons. The number of carbonyl (C=O) groups excluding carboxylic acids is 3. The fraction of sp³-hybridized carbons (Fsp3) is 0.520. The number of rotatable bonds is 3. The minimum atomic E-state index is -0.659. The summed E-state index contributed by atoms with van der Waals surface area (Å²) in [6.45, 7) is 12.0. The Morgan fingerprint density at radius 3 is 2.18 bits per heavy atom. The third-order valence-electron chi connectivity index (χ3n) is 5.14. The van der Waals surface area contributed by atoms with E-state index in [2.05, 4.69) is 5.10 Å². The van der Waals surface area contributed by atoms with Crippen molar-refractivity contribution in [2.45, 2.75) is 71.5 Å². The van der Waals surface area contributed by atoms with Crippen molar-refractivity contribution in [2.75, 3.05) is 13.1 Å². The molecular weight excluding hydrogens is 422 g/mol. The Balaban J connectivity index is 1.95. The van der Waals surface area contributed by atoms with Crippen LogP contribution in [0.2, 0.25) is 0 Å². The lowest BCUT2D eigenvalue weighted by Crippen LogP contribution is -2.42. The zero-order chi connectivity index (χ0) is 24.4. The molecule has 1 aliphatic heterocycles. The van der Waals surface area contributed by atoms with Gasteiger partial charge in [-0.1, -0.05) is 24.3 Å². The molecule has 0 aliphatic carbocycles. The van der Waals surface area contributed by atoms with E-state index in [0.717, 1.165) is 30.3 Å². The van der Waals surface area contributed by atoms with Gasteiger partial charge in [0.1, 0.15) is 17.5 Å². The summed E-state index contributed by atoms with van der Waals surface area (Å²) < 4.78 is 12.3. The molecule has 8 heteroatoms. The molecule has 1 aromatic carbocycles. The number of likely N-dealkylation sites (tertiary alicyclic amines) is 1. The van der Waals surface area contributed by atoms with E-state index in [-0.39, 0.29) is 12.0 Å². The first kappa shape index (κ1) is 24.5. The minimum Gasteiger partial charge on any atom is -0.444 e. The quantitative estimate of drug-likeness (QED) is 0.586. The molecule has 1 aromatic heterocycles. The van der Waals surface area contributed by atoms with Crippen LogP contribution >= 0.6 is 0 Å². The van der Waals surface area contributed by atoms with Crippen molar-refractivity contribution in [3.63, 3.8) is 0 Å². The molecule has 1 amide bonds. The first-order chi connectivity index (χ1) is 15.4. The van der Waals surface area contributed by atoms with Gasteiger partial charge in [-0.15, -0.1) is 0 Å². The molecule has 2 heterocycles. The highest BCUT2D eigenvalue weighted by Crippen LogP contribution is 2.34. The molecule has 0 bridgehead atoms. The smallest absolute Gasteiger partial charge is 0.435 e. The second kappa shape index (κ2) is 9.37. The number of carbonyl (C=O) groups is 3. The minimum absolute atomic E-state index is 0.0734. The zero-order valence-electron chi connectivity index (χ0n) is 20.3. The largest absolute Gasteiger partial charge is 0.444 e. The first-order valence-electron chi connectivity index (χ1n) is 11.2. The molecule has 0 saturated carbocycles.